The Kier molecular flexibility index (Phi) is 2.75. The van der Waals surface area contributed by atoms with Crippen LogP contribution in [0.4, 0.5) is 0 Å². The van der Waals surface area contributed by atoms with E-state index in [1.54, 1.807) is 6.92 Å². The zero-order valence-electron chi connectivity index (χ0n) is 10.0. The standard InChI is InChI=1S/C12H22N2O/c1-9(2)6-13-11-4-12(5-11)7-14(8-12)10(3)15/h9,11,13H,4-8H2,1-3H3. The maximum atomic E-state index is 11.1. The van der Waals surface area contributed by atoms with E-state index < -0.39 is 0 Å². The first-order chi connectivity index (χ1) is 7.01. The molecule has 2 fully saturated rings. The Hall–Kier alpha value is -0.570. The summed E-state index contributed by atoms with van der Waals surface area (Å²) >= 11 is 0. The summed E-state index contributed by atoms with van der Waals surface area (Å²) in [6.07, 6.45) is 2.53. The van der Waals surface area contributed by atoms with E-state index in [1.807, 2.05) is 4.90 Å². The number of carbonyl (C=O) groups is 1. The second-order valence-corrected chi connectivity index (χ2v) is 5.78. The van der Waals surface area contributed by atoms with Crippen LogP contribution in [0, 0.1) is 11.3 Å². The SMILES string of the molecule is CC(=O)N1CC2(CC(NCC(C)C)C2)C1. The molecule has 0 aromatic heterocycles. The molecule has 0 aromatic rings. The van der Waals surface area contributed by atoms with Crippen LogP contribution in [-0.4, -0.2) is 36.5 Å². The summed E-state index contributed by atoms with van der Waals surface area (Å²) < 4.78 is 0. The number of nitrogens with zero attached hydrogens (tertiary/aromatic N) is 1. The van der Waals surface area contributed by atoms with Crippen molar-refractivity contribution < 1.29 is 4.79 Å². The molecule has 1 amide bonds. The third-order valence-corrected chi connectivity index (χ3v) is 3.67. The fraction of sp³-hybridized carbons (Fsp3) is 0.917. The van der Waals surface area contributed by atoms with E-state index in [0.29, 0.717) is 11.5 Å². The van der Waals surface area contributed by atoms with E-state index in [1.165, 1.54) is 12.8 Å². The van der Waals surface area contributed by atoms with Crippen LogP contribution in [0.2, 0.25) is 0 Å². The molecule has 0 unspecified atom stereocenters. The van der Waals surface area contributed by atoms with E-state index >= 15 is 0 Å². The summed E-state index contributed by atoms with van der Waals surface area (Å²) in [5.41, 5.74) is 0.500. The smallest absolute Gasteiger partial charge is 0.219 e. The van der Waals surface area contributed by atoms with Gasteiger partial charge in [-0.2, -0.15) is 0 Å². The van der Waals surface area contributed by atoms with E-state index in [-0.39, 0.29) is 5.91 Å². The predicted octanol–water partition coefficient (Wildman–Crippen LogP) is 1.24. The van der Waals surface area contributed by atoms with Gasteiger partial charge in [0, 0.05) is 31.5 Å². The molecule has 0 radical (unpaired) electrons. The minimum absolute atomic E-state index is 0.235. The first-order valence-electron chi connectivity index (χ1n) is 6.00. The van der Waals surface area contributed by atoms with Gasteiger partial charge >= 0.3 is 0 Å². The van der Waals surface area contributed by atoms with Crippen molar-refractivity contribution in [3.8, 4) is 0 Å². The van der Waals surface area contributed by atoms with Crippen molar-refractivity contribution >= 4 is 5.91 Å². The maximum Gasteiger partial charge on any atom is 0.219 e. The summed E-state index contributed by atoms with van der Waals surface area (Å²) in [6.45, 7) is 9.27. The molecule has 1 N–H and O–H groups in total. The van der Waals surface area contributed by atoms with Gasteiger partial charge in [-0.1, -0.05) is 13.8 Å². The topological polar surface area (TPSA) is 32.3 Å². The molecule has 3 heteroatoms. The molecule has 2 rings (SSSR count). The van der Waals surface area contributed by atoms with Gasteiger partial charge in [-0.05, 0) is 25.3 Å². The molecule has 1 saturated heterocycles. The van der Waals surface area contributed by atoms with E-state index in [2.05, 4.69) is 19.2 Å². The summed E-state index contributed by atoms with van der Waals surface area (Å²) in [6, 6.07) is 0.710. The fourth-order valence-corrected chi connectivity index (χ4v) is 2.78. The average molecular weight is 210 g/mol. The van der Waals surface area contributed by atoms with Gasteiger partial charge in [0.25, 0.3) is 0 Å². The van der Waals surface area contributed by atoms with Crippen LogP contribution in [0.5, 0.6) is 0 Å². The second kappa shape index (κ2) is 3.78. The molecule has 0 atom stereocenters. The monoisotopic (exact) mass is 210 g/mol. The second-order valence-electron chi connectivity index (χ2n) is 5.78. The Morgan fingerprint density at radius 2 is 2.07 bits per heavy atom. The van der Waals surface area contributed by atoms with Crippen LogP contribution in [0.3, 0.4) is 0 Å². The van der Waals surface area contributed by atoms with Crippen molar-refractivity contribution in [2.24, 2.45) is 11.3 Å². The molecule has 1 aliphatic carbocycles. The van der Waals surface area contributed by atoms with Crippen molar-refractivity contribution in [3.05, 3.63) is 0 Å². The molecule has 1 aliphatic heterocycles. The maximum absolute atomic E-state index is 11.1. The zero-order valence-corrected chi connectivity index (χ0v) is 10.0. The number of hydrogen-bond donors (Lipinski definition) is 1. The lowest BCUT2D eigenvalue weighted by Crippen LogP contribution is -2.67. The van der Waals surface area contributed by atoms with Crippen molar-refractivity contribution in [1.82, 2.24) is 10.2 Å². The Morgan fingerprint density at radius 1 is 1.47 bits per heavy atom. The molecule has 0 aromatic carbocycles. The minimum atomic E-state index is 0.235. The Bertz CT molecular complexity index is 248. The highest BCUT2D eigenvalue weighted by Crippen LogP contribution is 2.48. The highest BCUT2D eigenvalue weighted by molar-refractivity contribution is 5.74. The lowest BCUT2D eigenvalue weighted by Gasteiger charge is -2.59. The van der Waals surface area contributed by atoms with Gasteiger partial charge in [0.2, 0.25) is 5.91 Å². The number of likely N-dealkylation sites (tertiary alicyclic amines) is 1. The van der Waals surface area contributed by atoms with Crippen molar-refractivity contribution in [2.75, 3.05) is 19.6 Å². The van der Waals surface area contributed by atoms with Crippen LogP contribution in [0.25, 0.3) is 0 Å². The molecule has 0 bridgehead atoms. The van der Waals surface area contributed by atoms with E-state index in [4.69, 9.17) is 0 Å². The highest BCUT2D eigenvalue weighted by Gasteiger charge is 2.52. The third-order valence-electron chi connectivity index (χ3n) is 3.67. The van der Waals surface area contributed by atoms with Gasteiger partial charge in [0.15, 0.2) is 0 Å². The molecule has 1 heterocycles. The summed E-state index contributed by atoms with van der Waals surface area (Å²) in [5.74, 6) is 0.968. The highest BCUT2D eigenvalue weighted by atomic mass is 16.2. The number of nitrogens with one attached hydrogen (secondary N) is 1. The van der Waals surface area contributed by atoms with Crippen LogP contribution in [0.15, 0.2) is 0 Å². The third kappa shape index (κ3) is 2.17. The van der Waals surface area contributed by atoms with Gasteiger partial charge in [0.1, 0.15) is 0 Å². The molecule has 2 aliphatic rings. The Balaban J connectivity index is 1.65. The summed E-state index contributed by atoms with van der Waals surface area (Å²) in [4.78, 5) is 13.0. The average Bonchev–Trinajstić information content (AvgIpc) is 1.96. The largest absolute Gasteiger partial charge is 0.342 e. The molecular formula is C12H22N2O. The van der Waals surface area contributed by atoms with Crippen molar-refractivity contribution in [1.29, 1.82) is 0 Å². The van der Waals surface area contributed by atoms with E-state index in [0.717, 1.165) is 25.6 Å². The van der Waals surface area contributed by atoms with Crippen LogP contribution in [-0.2, 0) is 4.79 Å². The summed E-state index contributed by atoms with van der Waals surface area (Å²) in [5, 5.41) is 3.58. The Labute approximate surface area is 92.2 Å². The predicted molar refractivity (Wildman–Crippen MR) is 60.5 cm³/mol. The Morgan fingerprint density at radius 3 is 2.53 bits per heavy atom. The van der Waals surface area contributed by atoms with Crippen LogP contribution < -0.4 is 5.32 Å². The van der Waals surface area contributed by atoms with E-state index in [9.17, 15) is 4.79 Å². The minimum Gasteiger partial charge on any atom is -0.342 e. The lowest BCUT2D eigenvalue weighted by molar-refractivity contribution is -0.149. The van der Waals surface area contributed by atoms with Crippen molar-refractivity contribution in [3.63, 3.8) is 0 Å². The van der Waals surface area contributed by atoms with Crippen LogP contribution in [0.1, 0.15) is 33.6 Å². The first-order valence-corrected chi connectivity index (χ1v) is 6.00. The molecule has 1 saturated carbocycles. The first kappa shape index (κ1) is 10.9. The molecule has 15 heavy (non-hydrogen) atoms. The number of amides is 1. The normalized spacial score (nSPS) is 24.1. The lowest BCUT2D eigenvalue weighted by atomic mass is 9.60. The van der Waals surface area contributed by atoms with Gasteiger partial charge < -0.3 is 10.2 Å². The quantitative estimate of drug-likeness (QED) is 0.760. The molecule has 86 valence electrons. The van der Waals surface area contributed by atoms with Crippen LogP contribution >= 0.6 is 0 Å². The summed E-state index contributed by atoms with van der Waals surface area (Å²) in [7, 11) is 0. The molecule has 3 nitrogen and oxygen atoms in total. The van der Waals surface area contributed by atoms with Gasteiger partial charge in [-0.3, -0.25) is 4.79 Å². The van der Waals surface area contributed by atoms with Gasteiger partial charge in [0.05, 0.1) is 0 Å². The molecule has 1 spiro atoms. The van der Waals surface area contributed by atoms with Gasteiger partial charge in [-0.25, -0.2) is 0 Å². The fourth-order valence-electron chi connectivity index (χ4n) is 2.78. The number of hydrogen-bond acceptors (Lipinski definition) is 2. The zero-order chi connectivity index (χ0) is 11.1. The number of carbonyl (C=O) groups excluding carboxylic acids is 1. The van der Waals surface area contributed by atoms with Gasteiger partial charge in [-0.15, -0.1) is 0 Å². The number of rotatable bonds is 3. The van der Waals surface area contributed by atoms with Crippen molar-refractivity contribution in [2.45, 2.75) is 39.7 Å². The molecular weight excluding hydrogens is 188 g/mol.